The van der Waals surface area contributed by atoms with E-state index >= 15 is 0 Å². The molecule has 74 valence electrons. The molecular formula is C12H14O2. The zero-order valence-corrected chi connectivity index (χ0v) is 8.23. The lowest BCUT2D eigenvalue weighted by Crippen LogP contribution is -2.30. The van der Waals surface area contributed by atoms with Crippen LogP contribution in [-0.2, 0) is 4.79 Å². The van der Waals surface area contributed by atoms with Gasteiger partial charge in [0.15, 0.2) is 0 Å². The summed E-state index contributed by atoms with van der Waals surface area (Å²) in [5.74, 6) is -0.562. The molecule has 0 amide bonds. The summed E-state index contributed by atoms with van der Waals surface area (Å²) in [5, 5.41) is 8.92. The van der Waals surface area contributed by atoms with Crippen molar-refractivity contribution in [3.63, 3.8) is 0 Å². The Kier molecular flexibility index (Phi) is 2.28. The maximum Gasteiger partial charge on any atom is 0.307 e. The molecule has 0 spiro atoms. The molecular weight excluding hydrogens is 176 g/mol. The van der Waals surface area contributed by atoms with Crippen molar-refractivity contribution in [2.45, 2.75) is 25.7 Å². The minimum absolute atomic E-state index is 0.155. The summed E-state index contributed by atoms with van der Waals surface area (Å²) >= 11 is 0. The Labute approximate surface area is 83.6 Å². The monoisotopic (exact) mass is 190 g/mol. The first-order chi connectivity index (χ1) is 6.68. The normalized spacial score (nSPS) is 25.5. The Morgan fingerprint density at radius 1 is 1.29 bits per heavy atom. The van der Waals surface area contributed by atoms with Gasteiger partial charge in [-0.25, -0.2) is 0 Å². The first-order valence-corrected chi connectivity index (χ1v) is 4.98. The number of carboxylic acid groups (broad SMARTS) is 1. The largest absolute Gasteiger partial charge is 0.481 e. The van der Waals surface area contributed by atoms with Crippen molar-refractivity contribution >= 4 is 5.97 Å². The van der Waals surface area contributed by atoms with Gasteiger partial charge in [-0.3, -0.25) is 4.79 Å². The Hall–Kier alpha value is -1.31. The molecule has 0 aliphatic heterocycles. The summed E-state index contributed by atoms with van der Waals surface area (Å²) in [6.45, 7) is 2.04. The first kappa shape index (κ1) is 9.25. The number of hydrogen-bond donors (Lipinski definition) is 1. The zero-order chi connectivity index (χ0) is 10.1. The Morgan fingerprint density at radius 3 is 2.36 bits per heavy atom. The lowest BCUT2D eigenvalue weighted by molar-refractivity contribution is -0.145. The number of carbonyl (C=O) groups is 1. The second-order valence-corrected chi connectivity index (χ2v) is 4.04. The van der Waals surface area contributed by atoms with Gasteiger partial charge in [-0.1, -0.05) is 29.8 Å². The molecule has 1 N–H and O–H groups in total. The van der Waals surface area contributed by atoms with E-state index in [4.69, 9.17) is 5.11 Å². The third-order valence-corrected chi connectivity index (χ3v) is 3.10. The van der Waals surface area contributed by atoms with Gasteiger partial charge >= 0.3 is 5.97 Å². The molecule has 1 aromatic carbocycles. The van der Waals surface area contributed by atoms with Crippen LogP contribution in [0.3, 0.4) is 0 Å². The lowest BCUT2D eigenvalue weighted by atomic mass is 9.70. The molecule has 1 saturated carbocycles. The van der Waals surface area contributed by atoms with Crippen molar-refractivity contribution in [1.82, 2.24) is 0 Å². The van der Waals surface area contributed by atoms with Crippen LogP contribution >= 0.6 is 0 Å². The Bertz CT molecular complexity index is 340. The van der Waals surface area contributed by atoms with Crippen molar-refractivity contribution < 1.29 is 9.90 Å². The molecule has 2 heteroatoms. The quantitative estimate of drug-likeness (QED) is 0.778. The van der Waals surface area contributed by atoms with Crippen molar-refractivity contribution in [3.8, 4) is 0 Å². The SMILES string of the molecule is Cc1ccc(C2CCC2C(=O)O)cc1. The number of carboxylic acids is 1. The fourth-order valence-electron chi connectivity index (χ4n) is 2.01. The minimum Gasteiger partial charge on any atom is -0.481 e. The summed E-state index contributed by atoms with van der Waals surface area (Å²) in [7, 11) is 0. The van der Waals surface area contributed by atoms with E-state index in [1.54, 1.807) is 0 Å². The molecule has 0 heterocycles. The second-order valence-electron chi connectivity index (χ2n) is 4.04. The average Bonchev–Trinajstić information content (AvgIpc) is 2.05. The number of rotatable bonds is 2. The van der Waals surface area contributed by atoms with Crippen LogP contribution in [0.2, 0.25) is 0 Å². The Morgan fingerprint density at radius 2 is 1.93 bits per heavy atom. The van der Waals surface area contributed by atoms with E-state index in [0.717, 1.165) is 12.8 Å². The molecule has 1 fully saturated rings. The Balaban J connectivity index is 2.16. The highest BCUT2D eigenvalue weighted by atomic mass is 16.4. The zero-order valence-electron chi connectivity index (χ0n) is 8.23. The van der Waals surface area contributed by atoms with Gasteiger partial charge in [-0.15, -0.1) is 0 Å². The van der Waals surface area contributed by atoms with Crippen LogP contribution in [0.4, 0.5) is 0 Å². The average molecular weight is 190 g/mol. The summed E-state index contributed by atoms with van der Waals surface area (Å²) in [6, 6.07) is 8.20. The number of aliphatic carboxylic acids is 1. The van der Waals surface area contributed by atoms with Gasteiger partial charge in [-0.2, -0.15) is 0 Å². The molecule has 1 aliphatic rings. The fraction of sp³-hybridized carbons (Fsp3) is 0.417. The van der Waals surface area contributed by atoms with E-state index in [1.165, 1.54) is 11.1 Å². The van der Waals surface area contributed by atoms with Crippen LogP contribution in [0.5, 0.6) is 0 Å². The van der Waals surface area contributed by atoms with E-state index in [0.29, 0.717) is 0 Å². The predicted octanol–water partition coefficient (Wildman–Crippen LogP) is 2.57. The first-order valence-electron chi connectivity index (χ1n) is 4.98. The van der Waals surface area contributed by atoms with Crippen LogP contribution in [-0.4, -0.2) is 11.1 Å². The van der Waals surface area contributed by atoms with Crippen molar-refractivity contribution in [2.75, 3.05) is 0 Å². The van der Waals surface area contributed by atoms with Gasteiger partial charge in [-0.05, 0) is 31.2 Å². The maximum atomic E-state index is 10.8. The van der Waals surface area contributed by atoms with Gasteiger partial charge in [0.05, 0.1) is 5.92 Å². The van der Waals surface area contributed by atoms with E-state index in [1.807, 2.05) is 19.1 Å². The molecule has 2 nitrogen and oxygen atoms in total. The number of hydrogen-bond acceptors (Lipinski definition) is 1. The number of benzene rings is 1. The van der Waals surface area contributed by atoms with Gasteiger partial charge in [0.2, 0.25) is 0 Å². The predicted molar refractivity (Wildman–Crippen MR) is 54.3 cm³/mol. The molecule has 0 aromatic heterocycles. The molecule has 0 radical (unpaired) electrons. The van der Waals surface area contributed by atoms with Gasteiger partial charge in [0.1, 0.15) is 0 Å². The summed E-state index contributed by atoms with van der Waals surface area (Å²) < 4.78 is 0. The smallest absolute Gasteiger partial charge is 0.307 e. The van der Waals surface area contributed by atoms with Crippen LogP contribution < -0.4 is 0 Å². The van der Waals surface area contributed by atoms with Gasteiger partial charge in [0.25, 0.3) is 0 Å². The molecule has 0 saturated heterocycles. The molecule has 2 rings (SSSR count). The summed E-state index contributed by atoms with van der Waals surface area (Å²) in [4.78, 5) is 10.8. The lowest BCUT2D eigenvalue weighted by Gasteiger charge is -2.33. The van der Waals surface area contributed by atoms with E-state index < -0.39 is 5.97 Å². The maximum absolute atomic E-state index is 10.8. The van der Waals surface area contributed by atoms with Crippen molar-refractivity contribution in [3.05, 3.63) is 35.4 Å². The van der Waals surface area contributed by atoms with Crippen molar-refractivity contribution in [1.29, 1.82) is 0 Å². The molecule has 2 unspecified atom stereocenters. The van der Waals surface area contributed by atoms with Crippen LogP contribution in [0.1, 0.15) is 29.9 Å². The number of aryl methyl sites for hydroxylation is 1. The third-order valence-electron chi connectivity index (χ3n) is 3.10. The van der Waals surface area contributed by atoms with Crippen LogP contribution in [0.15, 0.2) is 24.3 Å². The standard InChI is InChI=1S/C12H14O2/c1-8-2-4-9(5-3-8)10-6-7-11(10)12(13)14/h2-5,10-11H,6-7H2,1H3,(H,13,14). The summed E-state index contributed by atoms with van der Waals surface area (Å²) in [5.41, 5.74) is 2.40. The molecule has 0 bridgehead atoms. The van der Waals surface area contributed by atoms with Gasteiger partial charge in [0, 0.05) is 0 Å². The summed E-state index contributed by atoms with van der Waals surface area (Å²) in [6.07, 6.45) is 1.84. The second kappa shape index (κ2) is 3.45. The minimum atomic E-state index is -0.651. The van der Waals surface area contributed by atoms with Gasteiger partial charge < -0.3 is 5.11 Å². The topological polar surface area (TPSA) is 37.3 Å². The fourth-order valence-corrected chi connectivity index (χ4v) is 2.01. The highest BCUT2D eigenvalue weighted by Crippen LogP contribution is 2.42. The van der Waals surface area contributed by atoms with Crippen LogP contribution in [0.25, 0.3) is 0 Å². The molecule has 1 aromatic rings. The molecule has 14 heavy (non-hydrogen) atoms. The van der Waals surface area contributed by atoms with Crippen molar-refractivity contribution in [2.24, 2.45) is 5.92 Å². The van der Waals surface area contributed by atoms with E-state index in [-0.39, 0.29) is 11.8 Å². The van der Waals surface area contributed by atoms with E-state index in [2.05, 4.69) is 12.1 Å². The highest BCUT2D eigenvalue weighted by Gasteiger charge is 2.37. The molecule has 1 aliphatic carbocycles. The highest BCUT2D eigenvalue weighted by molar-refractivity contribution is 5.72. The third kappa shape index (κ3) is 1.52. The molecule has 2 atom stereocenters. The van der Waals surface area contributed by atoms with E-state index in [9.17, 15) is 4.79 Å². The van der Waals surface area contributed by atoms with Crippen LogP contribution in [0, 0.1) is 12.8 Å².